The normalized spacial score (nSPS) is 13.2. The standard InChI is InChI=1S/C16H15FN2O/c1-19-8-7-11-10-14(5-6-15(11)19)18-16(20)12-3-2-4-13(17)9-12/h2-6,9-10H,7-8H2,1H3,(H,18,20). The molecule has 0 bridgehead atoms. The Kier molecular flexibility index (Phi) is 3.14. The number of rotatable bonds is 2. The average molecular weight is 270 g/mol. The molecule has 0 atom stereocenters. The summed E-state index contributed by atoms with van der Waals surface area (Å²) in [6.07, 6.45) is 0.982. The first-order valence-electron chi connectivity index (χ1n) is 6.54. The molecule has 1 heterocycles. The van der Waals surface area contributed by atoms with Gasteiger partial charge in [0.1, 0.15) is 5.82 Å². The highest BCUT2D eigenvalue weighted by Crippen LogP contribution is 2.29. The van der Waals surface area contributed by atoms with Crippen LogP contribution in [0, 0.1) is 5.82 Å². The van der Waals surface area contributed by atoms with Crippen molar-refractivity contribution < 1.29 is 9.18 Å². The smallest absolute Gasteiger partial charge is 0.255 e. The molecular formula is C16H15FN2O. The first-order valence-corrected chi connectivity index (χ1v) is 6.54. The Morgan fingerprint density at radius 1 is 1.25 bits per heavy atom. The molecule has 0 saturated carbocycles. The minimum Gasteiger partial charge on any atom is -0.374 e. The van der Waals surface area contributed by atoms with Gasteiger partial charge in [-0.2, -0.15) is 0 Å². The highest BCUT2D eigenvalue weighted by Gasteiger charge is 2.16. The van der Waals surface area contributed by atoms with Crippen molar-refractivity contribution in [1.82, 2.24) is 0 Å². The van der Waals surface area contributed by atoms with Crippen LogP contribution in [-0.4, -0.2) is 19.5 Å². The van der Waals surface area contributed by atoms with Crippen molar-refractivity contribution in [2.24, 2.45) is 0 Å². The van der Waals surface area contributed by atoms with Crippen molar-refractivity contribution in [3.63, 3.8) is 0 Å². The minimum absolute atomic E-state index is 0.296. The second-order valence-corrected chi connectivity index (χ2v) is 4.98. The van der Waals surface area contributed by atoms with Crippen molar-refractivity contribution >= 4 is 17.3 Å². The lowest BCUT2D eigenvalue weighted by Crippen LogP contribution is -2.13. The van der Waals surface area contributed by atoms with Gasteiger partial charge >= 0.3 is 0 Å². The Hall–Kier alpha value is -2.36. The van der Waals surface area contributed by atoms with Gasteiger partial charge in [-0.15, -0.1) is 0 Å². The maximum absolute atomic E-state index is 13.1. The quantitative estimate of drug-likeness (QED) is 0.909. The third-order valence-corrected chi connectivity index (χ3v) is 3.55. The van der Waals surface area contributed by atoms with Crippen LogP contribution >= 0.6 is 0 Å². The zero-order valence-electron chi connectivity index (χ0n) is 11.2. The van der Waals surface area contributed by atoms with Crippen molar-refractivity contribution in [3.8, 4) is 0 Å². The predicted molar refractivity (Wildman–Crippen MR) is 77.8 cm³/mol. The van der Waals surface area contributed by atoms with E-state index in [9.17, 15) is 9.18 Å². The van der Waals surface area contributed by atoms with Gasteiger partial charge in [-0.3, -0.25) is 4.79 Å². The van der Waals surface area contributed by atoms with E-state index < -0.39 is 5.82 Å². The summed E-state index contributed by atoms with van der Waals surface area (Å²) in [5, 5.41) is 2.81. The maximum Gasteiger partial charge on any atom is 0.255 e. The summed E-state index contributed by atoms with van der Waals surface area (Å²) < 4.78 is 13.1. The van der Waals surface area contributed by atoms with E-state index >= 15 is 0 Å². The van der Waals surface area contributed by atoms with Gasteiger partial charge in [0.25, 0.3) is 5.91 Å². The Labute approximate surface area is 117 Å². The van der Waals surface area contributed by atoms with Gasteiger partial charge in [0.15, 0.2) is 0 Å². The molecule has 0 radical (unpaired) electrons. The number of halogens is 1. The topological polar surface area (TPSA) is 32.3 Å². The summed E-state index contributed by atoms with van der Waals surface area (Å²) in [5.74, 6) is -0.705. The first kappa shape index (κ1) is 12.7. The monoisotopic (exact) mass is 270 g/mol. The van der Waals surface area contributed by atoms with E-state index in [1.54, 1.807) is 6.07 Å². The molecule has 3 rings (SSSR count). The molecule has 102 valence electrons. The van der Waals surface area contributed by atoms with Crippen molar-refractivity contribution in [2.75, 3.05) is 23.8 Å². The molecule has 1 N–H and O–H groups in total. The fraction of sp³-hybridized carbons (Fsp3) is 0.188. The van der Waals surface area contributed by atoms with Crippen molar-refractivity contribution in [3.05, 3.63) is 59.4 Å². The highest BCUT2D eigenvalue weighted by atomic mass is 19.1. The molecule has 0 aliphatic carbocycles. The Morgan fingerprint density at radius 3 is 2.90 bits per heavy atom. The molecule has 1 amide bonds. The minimum atomic E-state index is -0.409. The van der Waals surface area contributed by atoms with Gasteiger partial charge in [0.2, 0.25) is 0 Å². The number of hydrogen-bond donors (Lipinski definition) is 1. The summed E-state index contributed by atoms with van der Waals surface area (Å²) >= 11 is 0. The number of benzene rings is 2. The number of anilines is 2. The molecule has 0 spiro atoms. The predicted octanol–water partition coefficient (Wildman–Crippen LogP) is 3.07. The Balaban J connectivity index is 1.80. The number of carbonyl (C=O) groups is 1. The van der Waals surface area contributed by atoms with E-state index in [4.69, 9.17) is 0 Å². The number of fused-ring (bicyclic) bond motifs is 1. The molecule has 0 saturated heterocycles. The zero-order chi connectivity index (χ0) is 14.1. The van der Waals surface area contributed by atoms with Crippen LogP contribution in [0.25, 0.3) is 0 Å². The fourth-order valence-corrected chi connectivity index (χ4v) is 2.48. The van der Waals surface area contributed by atoms with E-state index in [0.29, 0.717) is 5.56 Å². The summed E-state index contributed by atoms with van der Waals surface area (Å²) in [4.78, 5) is 14.2. The van der Waals surface area contributed by atoms with Crippen LogP contribution in [0.3, 0.4) is 0 Å². The van der Waals surface area contributed by atoms with Crippen LogP contribution < -0.4 is 10.2 Å². The third-order valence-electron chi connectivity index (χ3n) is 3.55. The van der Waals surface area contributed by atoms with Crippen molar-refractivity contribution in [2.45, 2.75) is 6.42 Å². The van der Waals surface area contributed by atoms with Gasteiger partial charge in [-0.05, 0) is 48.4 Å². The van der Waals surface area contributed by atoms with Gasteiger partial charge in [0.05, 0.1) is 0 Å². The molecule has 0 fully saturated rings. The van der Waals surface area contributed by atoms with E-state index in [1.165, 1.54) is 29.4 Å². The zero-order valence-corrected chi connectivity index (χ0v) is 11.2. The number of amides is 1. The van der Waals surface area contributed by atoms with E-state index in [2.05, 4.69) is 17.3 Å². The van der Waals surface area contributed by atoms with Crippen LogP contribution in [0.1, 0.15) is 15.9 Å². The SMILES string of the molecule is CN1CCc2cc(NC(=O)c3cccc(F)c3)ccc21. The molecule has 1 aliphatic rings. The lowest BCUT2D eigenvalue weighted by Gasteiger charge is -2.12. The molecule has 3 nitrogen and oxygen atoms in total. The van der Waals surface area contributed by atoms with Gasteiger partial charge in [-0.25, -0.2) is 4.39 Å². The number of nitrogens with one attached hydrogen (secondary N) is 1. The largest absolute Gasteiger partial charge is 0.374 e. The second-order valence-electron chi connectivity index (χ2n) is 4.98. The average Bonchev–Trinajstić information content (AvgIpc) is 2.80. The van der Waals surface area contributed by atoms with Crippen LogP contribution in [-0.2, 0) is 6.42 Å². The highest BCUT2D eigenvalue weighted by molar-refractivity contribution is 6.04. The number of carbonyl (C=O) groups excluding carboxylic acids is 1. The van der Waals surface area contributed by atoms with E-state index in [0.717, 1.165) is 18.7 Å². The van der Waals surface area contributed by atoms with Crippen LogP contribution in [0.4, 0.5) is 15.8 Å². The fourth-order valence-electron chi connectivity index (χ4n) is 2.48. The van der Waals surface area contributed by atoms with E-state index in [-0.39, 0.29) is 5.91 Å². The number of nitrogens with zero attached hydrogens (tertiary/aromatic N) is 1. The Bertz CT molecular complexity index is 669. The summed E-state index contributed by atoms with van der Waals surface area (Å²) in [6, 6.07) is 11.5. The molecular weight excluding hydrogens is 255 g/mol. The summed E-state index contributed by atoms with van der Waals surface area (Å²) in [6.45, 7) is 0.997. The third kappa shape index (κ3) is 2.37. The van der Waals surface area contributed by atoms with Crippen LogP contribution in [0.2, 0.25) is 0 Å². The summed E-state index contributed by atoms with van der Waals surface area (Å²) in [7, 11) is 2.05. The van der Waals surface area contributed by atoms with E-state index in [1.807, 2.05) is 18.2 Å². The van der Waals surface area contributed by atoms with Gasteiger partial charge in [0, 0.05) is 30.5 Å². The second kappa shape index (κ2) is 4.96. The van der Waals surface area contributed by atoms with Crippen LogP contribution in [0.5, 0.6) is 0 Å². The lowest BCUT2D eigenvalue weighted by atomic mass is 10.1. The lowest BCUT2D eigenvalue weighted by molar-refractivity contribution is 0.102. The Morgan fingerprint density at radius 2 is 2.10 bits per heavy atom. The summed E-state index contributed by atoms with van der Waals surface area (Å²) in [5.41, 5.74) is 3.49. The molecule has 0 aromatic heterocycles. The first-order chi connectivity index (χ1) is 9.63. The van der Waals surface area contributed by atoms with Gasteiger partial charge < -0.3 is 10.2 Å². The number of likely N-dealkylation sites (N-methyl/N-ethyl adjacent to an activating group) is 1. The molecule has 1 aliphatic heterocycles. The maximum atomic E-state index is 13.1. The number of hydrogen-bond acceptors (Lipinski definition) is 2. The van der Waals surface area contributed by atoms with Gasteiger partial charge in [-0.1, -0.05) is 6.07 Å². The molecule has 0 unspecified atom stereocenters. The molecule has 2 aromatic rings. The van der Waals surface area contributed by atoms with Crippen LogP contribution in [0.15, 0.2) is 42.5 Å². The van der Waals surface area contributed by atoms with Crippen molar-refractivity contribution in [1.29, 1.82) is 0 Å². The molecule has 2 aromatic carbocycles. The molecule has 20 heavy (non-hydrogen) atoms. The molecule has 4 heteroatoms.